The Labute approximate surface area is 174 Å². The lowest BCUT2D eigenvalue weighted by molar-refractivity contribution is -0.219. The van der Waals surface area contributed by atoms with Crippen molar-refractivity contribution in [3.05, 3.63) is 11.4 Å². The number of amides is 1. The van der Waals surface area contributed by atoms with E-state index in [1.165, 1.54) is 0 Å². The number of alkyl halides is 1. The standard InChI is InChI=1S/C22H35ClN2O3/c1-19(2)16(23)9-12-22(5,28-19)15-7-10-20(3,25-13-26)14-8-11-21(4,27)18(24-6)17(14)15/h13-18,27H,7-12H2,1-5H3,(H,25,26)/t14-,15-,16-,17?,18+,20-,21+,22+/m0/s1. The fraction of sp³-hybridized carbons (Fsp3) is 0.909. The summed E-state index contributed by atoms with van der Waals surface area (Å²) >= 11 is 6.54. The van der Waals surface area contributed by atoms with Crippen LogP contribution in [-0.4, -0.2) is 45.3 Å². The van der Waals surface area contributed by atoms with Crippen LogP contribution in [0.3, 0.4) is 0 Å². The fourth-order valence-electron chi connectivity index (χ4n) is 6.49. The first-order valence-electron chi connectivity index (χ1n) is 10.5. The van der Waals surface area contributed by atoms with Crippen molar-refractivity contribution >= 4 is 18.0 Å². The van der Waals surface area contributed by atoms with Crippen molar-refractivity contribution in [3.63, 3.8) is 0 Å². The lowest BCUT2D eigenvalue weighted by Gasteiger charge is -2.59. The van der Waals surface area contributed by atoms with Crippen LogP contribution in [-0.2, 0) is 9.53 Å². The third-order valence-electron chi connectivity index (χ3n) is 8.14. The highest BCUT2D eigenvalue weighted by molar-refractivity contribution is 6.21. The molecule has 1 unspecified atom stereocenters. The Bertz CT molecular complexity index is 661. The molecule has 3 aliphatic rings. The molecular weight excluding hydrogens is 376 g/mol. The molecule has 0 bridgehead atoms. The Morgan fingerprint density at radius 3 is 2.32 bits per heavy atom. The molecule has 2 N–H and O–H groups in total. The predicted molar refractivity (Wildman–Crippen MR) is 110 cm³/mol. The van der Waals surface area contributed by atoms with Gasteiger partial charge in [-0.05, 0) is 85.0 Å². The van der Waals surface area contributed by atoms with Gasteiger partial charge in [0, 0.05) is 11.5 Å². The number of halogens is 1. The minimum absolute atomic E-state index is 0.0277. The van der Waals surface area contributed by atoms with Crippen molar-refractivity contribution in [1.29, 1.82) is 0 Å². The van der Waals surface area contributed by atoms with Crippen LogP contribution in [0.1, 0.15) is 73.1 Å². The van der Waals surface area contributed by atoms with Crippen molar-refractivity contribution in [3.8, 4) is 0 Å². The van der Waals surface area contributed by atoms with Crippen LogP contribution in [0.5, 0.6) is 0 Å². The molecule has 2 aliphatic carbocycles. The Morgan fingerprint density at radius 1 is 1.11 bits per heavy atom. The number of ether oxygens (including phenoxy) is 1. The third-order valence-corrected chi connectivity index (χ3v) is 8.89. The van der Waals surface area contributed by atoms with Gasteiger partial charge in [-0.2, -0.15) is 0 Å². The summed E-state index contributed by atoms with van der Waals surface area (Å²) in [6.07, 6.45) is 5.61. The zero-order valence-electron chi connectivity index (χ0n) is 17.8. The van der Waals surface area contributed by atoms with Gasteiger partial charge in [0.25, 0.3) is 6.04 Å². The number of carbonyl (C=O) groups is 1. The highest BCUT2D eigenvalue weighted by atomic mass is 35.5. The summed E-state index contributed by atoms with van der Waals surface area (Å²) in [5.74, 6) is 0.265. The molecule has 158 valence electrons. The highest BCUT2D eigenvalue weighted by Gasteiger charge is 2.63. The zero-order chi connectivity index (χ0) is 21.0. The van der Waals surface area contributed by atoms with Gasteiger partial charge in [0.15, 0.2) is 0 Å². The van der Waals surface area contributed by atoms with Crippen molar-refractivity contribution < 1.29 is 14.6 Å². The van der Waals surface area contributed by atoms with Gasteiger partial charge in [-0.3, -0.25) is 4.79 Å². The molecule has 1 aliphatic heterocycles. The topological polar surface area (TPSA) is 62.9 Å². The van der Waals surface area contributed by atoms with E-state index in [9.17, 15) is 9.90 Å². The van der Waals surface area contributed by atoms with E-state index in [0.717, 1.165) is 38.5 Å². The Kier molecular flexibility index (Phi) is 5.58. The number of carbonyl (C=O) groups excluding carboxylic acids is 1. The first-order valence-corrected chi connectivity index (χ1v) is 11.0. The van der Waals surface area contributed by atoms with E-state index in [1.54, 1.807) is 6.92 Å². The molecule has 1 heterocycles. The maximum Gasteiger partial charge on any atom is 0.255 e. The summed E-state index contributed by atoms with van der Waals surface area (Å²) in [6.45, 7) is 18.0. The van der Waals surface area contributed by atoms with Gasteiger partial charge in [0.05, 0.1) is 16.6 Å². The molecule has 0 aromatic heterocycles. The van der Waals surface area contributed by atoms with E-state index < -0.39 is 22.8 Å². The molecule has 1 amide bonds. The monoisotopic (exact) mass is 410 g/mol. The first-order chi connectivity index (χ1) is 12.9. The molecule has 0 aromatic carbocycles. The molecule has 5 nitrogen and oxygen atoms in total. The van der Waals surface area contributed by atoms with Gasteiger partial charge in [0.1, 0.15) is 5.60 Å². The maximum absolute atomic E-state index is 11.3. The molecule has 28 heavy (non-hydrogen) atoms. The van der Waals surface area contributed by atoms with E-state index in [2.05, 4.69) is 24.0 Å². The summed E-state index contributed by atoms with van der Waals surface area (Å²) in [5, 5.41) is 14.1. The van der Waals surface area contributed by atoms with Gasteiger partial charge in [-0.1, -0.05) is 0 Å². The average Bonchev–Trinajstić information content (AvgIpc) is 2.57. The summed E-state index contributed by atoms with van der Waals surface area (Å²) in [7, 11) is 0. The highest BCUT2D eigenvalue weighted by Crippen LogP contribution is 2.57. The average molecular weight is 411 g/mol. The SMILES string of the molecule is [C-]#[N+][C@@H]1C2[C@@H]([C@@]3(C)CC[C@H](Cl)C(C)(C)O3)CC[C@](C)(NC=O)[C@H]2CC[C@@]1(C)O. The summed E-state index contributed by atoms with van der Waals surface area (Å²) in [4.78, 5) is 15.3. The smallest absolute Gasteiger partial charge is 0.255 e. The number of rotatable bonds is 3. The molecule has 3 fully saturated rings. The first kappa shape index (κ1) is 21.9. The lowest BCUT2D eigenvalue weighted by atomic mass is 9.51. The summed E-state index contributed by atoms with van der Waals surface area (Å²) < 4.78 is 6.64. The van der Waals surface area contributed by atoms with Crippen LogP contribution in [0, 0.1) is 24.3 Å². The molecule has 3 rings (SSSR count). The molecule has 8 atom stereocenters. The van der Waals surface area contributed by atoms with Crippen molar-refractivity contribution in [1.82, 2.24) is 5.32 Å². The third kappa shape index (κ3) is 3.46. The minimum Gasteiger partial charge on any atom is -0.382 e. The van der Waals surface area contributed by atoms with Crippen LogP contribution in [0.4, 0.5) is 0 Å². The van der Waals surface area contributed by atoms with Gasteiger partial charge in [0.2, 0.25) is 6.41 Å². The number of aliphatic hydroxyl groups is 1. The van der Waals surface area contributed by atoms with Crippen LogP contribution >= 0.6 is 11.6 Å². The molecule has 6 heteroatoms. The molecular formula is C22H35ClN2O3. The van der Waals surface area contributed by atoms with Crippen LogP contribution in [0.25, 0.3) is 4.85 Å². The van der Waals surface area contributed by atoms with E-state index in [4.69, 9.17) is 22.9 Å². The van der Waals surface area contributed by atoms with E-state index in [1.807, 2.05) is 13.8 Å². The van der Waals surface area contributed by atoms with Crippen molar-refractivity contribution in [2.24, 2.45) is 17.8 Å². The lowest BCUT2D eigenvalue weighted by Crippen LogP contribution is -2.67. The molecule has 0 aromatic rings. The number of hydrogen-bond acceptors (Lipinski definition) is 3. The maximum atomic E-state index is 11.3. The van der Waals surface area contributed by atoms with Crippen molar-refractivity contribution in [2.45, 2.75) is 107 Å². The normalized spacial score (nSPS) is 50.9. The minimum atomic E-state index is -1.02. The van der Waals surface area contributed by atoms with E-state index in [0.29, 0.717) is 6.42 Å². The summed E-state index contributed by atoms with van der Waals surface area (Å²) in [5.41, 5.74) is -2.19. The Hall–Kier alpha value is -0.830. The molecule has 0 radical (unpaired) electrons. The van der Waals surface area contributed by atoms with E-state index >= 15 is 0 Å². The predicted octanol–water partition coefficient (Wildman–Crippen LogP) is 3.92. The van der Waals surface area contributed by atoms with Crippen LogP contribution < -0.4 is 5.32 Å². The van der Waals surface area contributed by atoms with Crippen LogP contribution in [0.15, 0.2) is 0 Å². The van der Waals surface area contributed by atoms with E-state index in [-0.39, 0.29) is 28.7 Å². The van der Waals surface area contributed by atoms with Crippen LogP contribution in [0.2, 0.25) is 0 Å². The second-order valence-electron chi connectivity index (χ2n) is 10.5. The quantitative estimate of drug-likeness (QED) is 0.421. The largest absolute Gasteiger partial charge is 0.382 e. The van der Waals surface area contributed by atoms with Gasteiger partial charge in [-0.25, -0.2) is 6.57 Å². The fourth-order valence-corrected chi connectivity index (χ4v) is 6.64. The molecule has 0 spiro atoms. The number of nitrogens with one attached hydrogen (secondary N) is 1. The van der Waals surface area contributed by atoms with Gasteiger partial charge >= 0.3 is 0 Å². The second kappa shape index (κ2) is 7.15. The number of hydrogen-bond donors (Lipinski definition) is 2. The van der Waals surface area contributed by atoms with Gasteiger partial charge in [-0.15, -0.1) is 11.6 Å². The molecule has 1 saturated heterocycles. The molecule has 2 saturated carbocycles. The second-order valence-corrected chi connectivity index (χ2v) is 11.0. The number of nitrogens with zero attached hydrogens (tertiary/aromatic N) is 1. The summed E-state index contributed by atoms with van der Waals surface area (Å²) in [6, 6.07) is -0.499. The van der Waals surface area contributed by atoms with Crippen molar-refractivity contribution in [2.75, 3.05) is 0 Å². The number of fused-ring (bicyclic) bond motifs is 1. The van der Waals surface area contributed by atoms with Gasteiger partial charge < -0.3 is 20.0 Å². The Morgan fingerprint density at radius 2 is 1.75 bits per heavy atom. The Balaban J connectivity index is 2.02. The zero-order valence-corrected chi connectivity index (χ0v) is 18.6.